The summed E-state index contributed by atoms with van der Waals surface area (Å²) in [5.74, 6) is -0.393. The van der Waals surface area contributed by atoms with Crippen molar-refractivity contribution < 1.29 is 9.50 Å². The van der Waals surface area contributed by atoms with E-state index in [-0.39, 0.29) is 17.0 Å². The van der Waals surface area contributed by atoms with Crippen LogP contribution in [0.5, 0.6) is 0 Å². The molecule has 17 heavy (non-hydrogen) atoms. The molecule has 0 atom stereocenters. The third kappa shape index (κ3) is 5.02. The molecule has 0 heterocycles. The second-order valence-corrected chi connectivity index (χ2v) is 5.40. The van der Waals surface area contributed by atoms with Gasteiger partial charge in [-0.2, -0.15) is 0 Å². The average molecular weight is 260 g/mol. The molecule has 0 spiro atoms. The number of rotatable bonds is 6. The highest BCUT2D eigenvalue weighted by Crippen LogP contribution is 2.19. The van der Waals surface area contributed by atoms with E-state index in [1.807, 2.05) is 0 Å². The molecule has 4 heteroatoms. The van der Waals surface area contributed by atoms with E-state index in [1.54, 1.807) is 12.1 Å². The van der Waals surface area contributed by atoms with E-state index >= 15 is 0 Å². The van der Waals surface area contributed by atoms with Crippen molar-refractivity contribution in [2.75, 3.05) is 13.2 Å². The van der Waals surface area contributed by atoms with Crippen molar-refractivity contribution in [2.24, 2.45) is 5.41 Å². The Balaban J connectivity index is 2.43. The molecule has 1 rings (SSSR count). The standard InChI is InChI=1S/C13H19ClFNO/c1-13(2,5-6-17)9-16-8-10-3-4-12(15)11(14)7-10/h3-4,7,16-17H,5-6,8-9H2,1-2H3. The Morgan fingerprint density at radius 1 is 1.41 bits per heavy atom. The van der Waals surface area contributed by atoms with Gasteiger partial charge in [-0.15, -0.1) is 0 Å². The normalized spacial score (nSPS) is 11.8. The van der Waals surface area contributed by atoms with Crippen molar-refractivity contribution in [3.05, 3.63) is 34.6 Å². The van der Waals surface area contributed by atoms with E-state index in [9.17, 15) is 4.39 Å². The van der Waals surface area contributed by atoms with Crippen LogP contribution in [0, 0.1) is 11.2 Å². The van der Waals surface area contributed by atoms with Crippen LogP contribution < -0.4 is 5.32 Å². The van der Waals surface area contributed by atoms with Gasteiger partial charge in [0.25, 0.3) is 0 Å². The minimum Gasteiger partial charge on any atom is -0.396 e. The quantitative estimate of drug-likeness (QED) is 0.823. The molecule has 0 saturated carbocycles. The van der Waals surface area contributed by atoms with Crippen LogP contribution in [0.3, 0.4) is 0 Å². The van der Waals surface area contributed by atoms with E-state index in [0.717, 1.165) is 18.5 Å². The lowest BCUT2D eigenvalue weighted by atomic mass is 9.90. The van der Waals surface area contributed by atoms with Crippen molar-refractivity contribution in [3.8, 4) is 0 Å². The van der Waals surface area contributed by atoms with Crippen LogP contribution >= 0.6 is 11.6 Å². The fourth-order valence-electron chi connectivity index (χ4n) is 1.59. The van der Waals surface area contributed by atoms with E-state index in [4.69, 9.17) is 16.7 Å². The number of halogens is 2. The first kappa shape index (κ1) is 14.4. The van der Waals surface area contributed by atoms with Gasteiger partial charge in [-0.25, -0.2) is 4.39 Å². The molecule has 1 aromatic rings. The molecular weight excluding hydrogens is 241 g/mol. The summed E-state index contributed by atoms with van der Waals surface area (Å²) in [4.78, 5) is 0. The molecule has 0 aromatic heterocycles. The van der Waals surface area contributed by atoms with Crippen molar-refractivity contribution in [2.45, 2.75) is 26.8 Å². The van der Waals surface area contributed by atoms with E-state index in [2.05, 4.69) is 19.2 Å². The molecule has 0 saturated heterocycles. The zero-order valence-corrected chi connectivity index (χ0v) is 11.0. The van der Waals surface area contributed by atoms with Gasteiger partial charge in [-0.05, 0) is 29.5 Å². The minimum absolute atomic E-state index is 0.0541. The van der Waals surface area contributed by atoms with Gasteiger partial charge in [0.2, 0.25) is 0 Å². The second-order valence-electron chi connectivity index (χ2n) is 4.99. The molecule has 2 nitrogen and oxygen atoms in total. The van der Waals surface area contributed by atoms with Gasteiger partial charge in [0.1, 0.15) is 5.82 Å². The van der Waals surface area contributed by atoms with E-state index in [0.29, 0.717) is 6.54 Å². The molecule has 0 aliphatic heterocycles. The predicted molar refractivity (Wildman–Crippen MR) is 68.6 cm³/mol. The number of hydrogen-bond donors (Lipinski definition) is 2. The van der Waals surface area contributed by atoms with Crippen LogP contribution in [0.15, 0.2) is 18.2 Å². The van der Waals surface area contributed by atoms with Crippen LogP contribution in [-0.4, -0.2) is 18.3 Å². The van der Waals surface area contributed by atoms with E-state index < -0.39 is 5.82 Å². The maximum absolute atomic E-state index is 12.9. The van der Waals surface area contributed by atoms with Crippen molar-refractivity contribution in [3.63, 3.8) is 0 Å². The lowest BCUT2D eigenvalue weighted by Gasteiger charge is -2.24. The largest absolute Gasteiger partial charge is 0.396 e. The summed E-state index contributed by atoms with van der Waals surface area (Å²) in [6.07, 6.45) is 0.754. The first-order valence-electron chi connectivity index (χ1n) is 5.70. The third-order valence-corrected chi connectivity index (χ3v) is 2.99. The summed E-state index contributed by atoms with van der Waals surface area (Å²) in [6.45, 7) is 5.82. The molecule has 0 unspecified atom stereocenters. The van der Waals surface area contributed by atoms with Crippen molar-refractivity contribution in [1.29, 1.82) is 0 Å². The highest BCUT2D eigenvalue weighted by molar-refractivity contribution is 6.30. The van der Waals surface area contributed by atoms with Crippen LogP contribution in [0.2, 0.25) is 5.02 Å². The molecule has 0 radical (unpaired) electrons. The summed E-state index contributed by atoms with van der Waals surface area (Å²) in [5.41, 5.74) is 1.01. The SMILES string of the molecule is CC(C)(CCO)CNCc1ccc(F)c(Cl)c1. The monoisotopic (exact) mass is 259 g/mol. The zero-order chi connectivity index (χ0) is 12.9. The van der Waals surface area contributed by atoms with Crippen LogP contribution in [-0.2, 0) is 6.54 Å². The summed E-state index contributed by atoms with van der Waals surface area (Å²) in [7, 11) is 0. The first-order valence-corrected chi connectivity index (χ1v) is 6.08. The number of benzene rings is 1. The lowest BCUT2D eigenvalue weighted by molar-refractivity contribution is 0.207. The molecule has 0 aliphatic carbocycles. The Bertz CT molecular complexity index is 368. The number of aliphatic hydroxyl groups excluding tert-OH is 1. The Kier molecular flexibility index (Phi) is 5.37. The topological polar surface area (TPSA) is 32.3 Å². The number of nitrogens with one attached hydrogen (secondary N) is 1. The molecule has 1 aromatic carbocycles. The fraction of sp³-hybridized carbons (Fsp3) is 0.538. The maximum atomic E-state index is 12.9. The van der Waals surface area contributed by atoms with Gasteiger partial charge in [0.15, 0.2) is 0 Å². The molecule has 0 bridgehead atoms. The Labute approximate surface area is 107 Å². The number of hydrogen-bond acceptors (Lipinski definition) is 2. The zero-order valence-electron chi connectivity index (χ0n) is 10.3. The van der Waals surface area contributed by atoms with Crippen molar-refractivity contribution in [1.82, 2.24) is 5.32 Å². The Morgan fingerprint density at radius 2 is 2.12 bits per heavy atom. The average Bonchev–Trinajstić information content (AvgIpc) is 2.23. The smallest absolute Gasteiger partial charge is 0.141 e. The third-order valence-electron chi connectivity index (χ3n) is 2.71. The van der Waals surface area contributed by atoms with Gasteiger partial charge < -0.3 is 10.4 Å². The minimum atomic E-state index is -0.393. The molecular formula is C13H19ClFNO. The first-order chi connectivity index (χ1) is 7.94. The fourth-order valence-corrected chi connectivity index (χ4v) is 1.79. The van der Waals surface area contributed by atoms with Crippen LogP contribution in [0.25, 0.3) is 0 Å². The van der Waals surface area contributed by atoms with Crippen molar-refractivity contribution >= 4 is 11.6 Å². The number of aliphatic hydroxyl groups is 1. The lowest BCUT2D eigenvalue weighted by Crippen LogP contribution is -2.29. The summed E-state index contributed by atoms with van der Waals surface area (Å²) >= 11 is 5.70. The molecule has 96 valence electrons. The van der Waals surface area contributed by atoms with Gasteiger partial charge in [0, 0.05) is 19.7 Å². The molecule has 0 amide bonds. The molecule has 0 aliphatic rings. The van der Waals surface area contributed by atoms with Crippen LogP contribution in [0.1, 0.15) is 25.8 Å². The molecule has 2 N–H and O–H groups in total. The predicted octanol–water partition coefficient (Wildman–Crippen LogP) is 2.98. The van der Waals surface area contributed by atoms with E-state index in [1.165, 1.54) is 6.07 Å². The van der Waals surface area contributed by atoms with Gasteiger partial charge in [-0.1, -0.05) is 31.5 Å². The highest BCUT2D eigenvalue weighted by Gasteiger charge is 2.16. The van der Waals surface area contributed by atoms with Gasteiger partial charge in [0.05, 0.1) is 5.02 Å². The van der Waals surface area contributed by atoms with Gasteiger partial charge in [-0.3, -0.25) is 0 Å². The Morgan fingerprint density at radius 3 is 2.71 bits per heavy atom. The summed E-state index contributed by atoms with van der Waals surface area (Å²) < 4.78 is 12.9. The molecule has 0 fully saturated rings. The summed E-state index contributed by atoms with van der Waals surface area (Å²) in [5, 5.41) is 12.3. The highest BCUT2D eigenvalue weighted by atomic mass is 35.5. The van der Waals surface area contributed by atoms with Gasteiger partial charge >= 0.3 is 0 Å². The maximum Gasteiger partial charge on any atom is 0.141 e. The second kappa shape index (κ2) is 6.34. The Hall–Kier alpha value is -0.640. The van der Waals surface area contributed by atoms with Crippen LogP contribution in [0.4, 0.5) is 4.39 Å². The summed E-state index contributed by atoms with van der Waals surface area (Å²) in [6, 6.07) is 4.72.